The van der Waals surface area contributed by atoms with Crippen molar-refractivity contribution in [2.24, 2.45) is 5.41 Å². The summed E-state index contributed by atoms with van der Waals surface area (Å²) in [4.78, 5) is 4.48. The molecule has 1 saturated carbocycles. The lowest BCUT2D eigenvalue weighted by molar-refractivity contribution is 0.261. The maximum atomic E-state index is 14.0. The number of rotatable bonds is 2. The zero-order chi connectivity index (χ0) is 14.5. The van der Waals surface area contributed by atoms with Crippen LogP contribution in [0.25, 0.3) is 11.0 Å². The van der Waals surface area contributed by atoms with Crippen LogP contribution < -0.4 is 0 Å². The molecule has 0 spiro atoms. The topological polar surface area (TPSA) is 17.8 Å². The molecule has 1 aliphatic rings. The van der Waals surface area contributed by atoms with Gasteiger partial charge in [0.1, 0.15) is 11.3 Å². The first-order valence-electron chi connectivity index (χ1n) is 7.22. The van der Waals surface area contributed by atoms with Gasteiger partial charge in [-0.2, -0.15) is 0 Å². The first kappa shape index (κ1) is 13.9. The van der Waals surface area contributed by atoms with Gasteiger partial charge in [0.05, 0.1) is 10.9 Å². The average Bonchev–Trinajstić information content (AvgIpc) is 2.90. The highest BCUT2D eigenvalue weighted by Gasteiger charge is 2.38. The predicted octanol–water partition coefficient (Wildman–Crippen LogP) is 5.23. The van der Waals surface area contributed by atoms with Crippen molar-refractivity contribution >= 4 is 22.6 Å². The fourth-order valence-corrected chi connectivity index (χ4v) is 3.65. The highest BCUT2D eigenvalue weighted by atomic mass is 35.5. The normalized spacial score (nSPS) is 23.4. The number of halogens is 2. The number of nitrogens with zero attached hydrogens (tertiary/aromatic N) is 2. The molecule has 0 amide bonds. The third-order valence-electron chi connectivity index (χ3n) is 4.57. The summed E-state index contributed by atoms with van der Waals surface area (Å²) in [5.74, 6) is 0.516. The van der Waals surface area contributed by atoms with Gasteiger partial charge in [-0.3, -0.25) is 0 Å². The van der Waals surface area contributed by atoms with Crippen LogP contribution in [0.5, 0.6) is 0 Å². The fraction of sp³-hybridized carbons (Fsp3) is 0.562. The van der Waals surface area contributed by atoms with Gasteiger partial charge < -0.3 is 4.57 Å². The monoisotopic (exact) mass is 294 g/mol. The van der Waals surface area contributed by atoms with E-state index in [0.717, 1.165) is 17.8 Å². The molecule has 2 atom stereocenters. The molecular formula is C16H20ClFN2. The second-order valence-electron chi connectivity index (χ2n) is 6.46. The highest BCUT2D eigenvalue weighted by Crippen LogP contribution is 2.48. The minimum Gasteiger partial charge on any atom is -0.323 e. The third-order valence-corrected chi connectivity index (χ3v) is 4.76. The quantitative estimate of drug-likeness (QED) is 0.694. The van der Waals surface area contributed by atoms with E-state index in [1.165, 1.54) is 18.9 Å². The maximum Gasteiger partial charge on any atom is 0.151 e. The Morgan fingerprint density at radius 2 is 2.20 bits per heavy atom. The molecule has 2 nitrogen and oxygen atoms in total. The van der Waals surface area contributed by atoms with Gasteiger partial charge in [-0.15, -0.1) is 11.6 Å². The van der Waals surface area contributed by atoms with E-state index in [2.05, 4.69) is 23.4 Å². The van der Waals surface area contributed by atoms with Crippen molar-refractivity contribution in [3.8, 4) is 0 Å². The summed E-state index contributed by atoms with van der Waals surface area (Å²) in [7, 11) is 0. The Morgan fingerprint density at radius 3 is 2.80 bits per heavy atom. The van der Waals surface area contributed by atoms with E-state index in [1.54, 1.807) is 6.07 Å². The van der Waals surface area contributed by atoms with E-state index in [0.29, 0.717) is 11.6 Å². The third kappa shape index (κ3) is 2.03. The van der Waals surface area contributed by atoms with Gasteiger partial charge in [-0.1, -0.05) is 26.3 Å². The van der Waals surface area contributed by atoms with Crippen molar-refractivity contribution in [3.05, 3.63) is 29.8 Å². The van der Waals surface area contributed by atoms with Crippen molar-refractivity contribution in [3.63, 3.8) is 0 Å². The van der Waals surface area contributed by atoms with Crippen LogP contribution >= 0.6 is 11.6 Å². The molecule has 2 aromatic rings. The Kier molecular flexibility index (Phi) is 3.28. The zero-order valence-electron chi connectivity index (χ0n) is 12.2. The Hall–Kier alpha value is -1.09. The van der Waals surface area contributed by atoms with Crippen LogP contribution in [-0.4, -0.2) is 9.55 Å². The number of fused-ring (bicyclic) bond motifs is 1. The van der Waals surface area contributed by atoms with Gasteiger partial charge in [-0.25, -0.2) is 9.37 Å². The highest BCUT2D eigenvalue weighted by molar-refractivity contribution is 6.20. The van der Waals surface area contributed by atoms with E-state index in [9.17, 15) is 4.39 Å². The summed E-state index contributed by atoms with van der Waals surface area (Å²) < 4.78 is 16.2. The standard InChI is InChI=1S/C16H20ClFN2/c1-10(17)15-19-14-11(18)6-4-7-12(14)20(15)13-8-5-9-16(13,2)3/h4,6-7,10,13H,5,8-9H2,1-3H3. The molecule has 3 rings (SSSR count). The van der Waals surface area contributed by atoms with Crippen LogP contribution in [0.2, 0.25) is 0 Å². The lowest BCUT2D eigenvalue weighted by Crippen LogP contribution is -2.23. The van der Waals surface area contributed by atoms with Gasteiger partial charge in [-0.05, 0) is 37.3 Å². The Labute approximate surface area is 123 Å². The number of imidazole rings is 1. The lowest BCUT2D eigenvalue weighted by atomic mass is 9.87. The van der Waals surface area contributed by atoms with Crippen LogP contribution in [0.1, 0.15) is 57.3 Å². The summed E-state index contributed by atoms with van der Waals surface area (Å²) in [5.41, 5.74) is 1.51. The minimum absolute atomic E-state index is 0.195. The molecule has 20 heavy (non-hydrogen) atoms. The Balaban J connectivity index is 2.27. The number of benzene rings is 1. The summed E-state index contributed by atoms with van der Waals surface area (Å²) in [6, 6.07) is 5.50. The van der Waals surface area contributed by atoms with Crippen LogP contribution in [0, 0.1) is 11.2 Å². The Morgan fingerprint density at radius 1 is 1.45 bits per heavy atom. The molecule has 0 radical (unpaired) electrons. The number of alkyl halides is 1. The second kappa shape index (κ2) is 4.73. The molecule has 108 valence electrons. The van der Waals surface area contributed by atoms with Crippen LogP contribution in [0.4, 0.5) is 4.39 Å². The molecule has 0 aliphatic heterocycles. The molecule has 1 fully saturated rings. The largest absolute Gasteiger partial charge is 0.323 e. The minimum atomic E-state index is -0.268. The Bertz CT molecular complexity index is 645. The fourth-order valence-electron chi connectivity index (χ4n) is 3.50. The molecule has 0 bridgehead atoms. The van der Waals surface area contributed by atoms with Gasteiger partial charge in [0.15, 0.2) is 5.82 Å². The van der Waals surface area contributed by atoms with Crippen molar-refractivity contribution in [1.29, 1.82) is 0 Å². The van der Waals surface area contributed by atoms with E-state index < -0.39 is 0 Å². The number of hydrogen-bond donors (Lipinski definition) is 0. The number of hydrogen-bond acceptors (Lipinski definition) is 1. The zero-order valence-corrected chi connectivity index (χ0v) is 12.9. The molecule has 0 saturated heterocycles. The first-order chi connectivity index (χ1) is 9.42. The molecule has 4 heteroatoms. The summed E-state index contributed by atoms with van der Waals surface area (Å²) in [5, 5.41) is -0.224. The van der Waals surface area contributed by atoms with E-state index in [-0.39, 0.29) is 16.6 Å². The van der Waals surface area contributed by atoms with Crippen LogP contribution in [-0.2, 0) is 0 Å². The molecule has 1 aromatic heterocycles. The molecule has 0 N–H and O–H groups in total. The first-order valence-corrected chi connectivity index (χ1v) is 7.66. The van der Waals surface area contributed by atoms with E-state index in [4.69, 9.17) is 11.6 Å². The van der Waals surface area contributed by atoms with Crippen molar-refractivity contribution in [2.75, 3.05) is 0 Å². The molecule has 1 heterocycles. The predicted molar refractivity (Wildman–Crippen MR) is 80.6 cm³/mol. The molecule has 2 unspecified atom stereocenters. The second-order valence-corrected chi connectivity index (χ2v) is 7.11. The summed E-state index contributed by atoms with van der Waals surface area (Å²) in [6.45, 7) is 6.45. The van der Waals surface area contributed by atoms with E-state index >= 15 is 0 Å². The van der Waals surface area contributed by atoms with E-state index in [1.807, 2.05) is 13.0 Å². The van der Waals surface area contributed by atoms with Crippen molar-refractivity contribution in [2.45, 2.75) is 51.5 Å². The molecule has 1 aliphatic carbocycles. The average molecular weight is 295 g/mol. The van der Waals surface area contributed by atoms with Gasteiger partial charge in [0.2, 0.25) is 0 Å². The smallest absolute Gasteiger partial charge is 0.151 e. The van der Waals surface area contributed by atoms with Crippen molar-refractivity contribution < 1.29 is 4.39 Å². The van der Waals surface area contributed by atoms with Gasteiger partial charge in [0, 0.05) is 6.04 Å². The van der Waals surface area contributed by atoms with Crippen LogP contribution in [0.3, 0.4) is 0 Å². The maximum absolute atomic E-state index is 14.0. The summed E-state index contributed by atoms with van der Waals surface area (Å²) in [6.07, 6.45) is 3.48. The van der Waals surface area contributed by atoms with Gasteiger partial charge >= 0.3 is 0 Å². The van der Waals surface area contributed by atoms with Gasteiger partial charge in [0.25, 0.3) is 0 Å². The number of aromatic nitrogens is 2. The molecular weight excluding hydrogens is 275 g/mol. The lowest BCUT2D eigenvalue weighted by Gasteiger charge is -2.30. The number of para-hydroxylation sites is 1. The van der Waals surface area contributed by atoms with Crippen LogP contribution in [0.15, 0.2) is 18.2 Å². The van der Waals surface area contributed by atoms with Crippen molar-refractivity contribution in [1.82, 2.24) is 9.55 Å². The SMILES string of the molecule is CC(Cl)c1nc2c(F)cccc2n1C1CCCC1(C)C. The summed E-state index contributed by atoms with van der Waals surface area (Å²) >= 11 is 6.30. The molecule has 1 aromatic carbocycles.